The number of hydrogen-bond donors (Lipinski definition) is 1. The van der Waals surface area contributed by atoms with Crippen LogP contribution in [0, 0.1) is 17.7 Å². The van der Waals surface area contributed by atoms with E-state index in [-0.39, 0.29) is 5.88 Å². The van der Waals surface area contributed by atoms with E-state index in [9.17, 15) is 18.0 Å². The molecule has 3 heterocycles. The van der Waals surface area contributed by atoms with Crippen LogP contribution in [0.1, 0.15) is 41.8 Å². The summed E-state index contributed by atoms with van der Waals surface area (Å²) in [5.41, 5.74) is 1.01. The zero-order valence-corrected chi connectivity index (χ0v) is 25.5. The van der Waals surface area contributed by atoms with Gasteiger partial charge >= 0.3 is 6.18 Å². The number of hydrogen-bond acceptors (Lipinski definition) is 6. The van der Waals surface area contributed by atoms with Gasteiger partial charge in [0, 0.05) is 57.1 Å². The molecule has 0 bridgehead atoms. The first kappa shape index (κ1) is 31.7. The Morgan fingerprint density at radius 2 is 1.82 bits per heavy atom. The van der Waals surface area contributed by atoms with Crippen LogP contribution in [-0.4, -0.2) is 74.1 Å². The molecule has 1 N–H and O–H groups in total. The molecule has 0 saturated carbocycles. The van der Waals surface area contributed by atoms with E-state index in [0.717, 1.165) is 44.4 Å². The second kappa shape index (κ2) is 13.1. The van der Waals surface area contributed by atoms with Gasteiger partial charge in [-0.3, -0.25) is 9.69 Å². The number of carbonyl (C=O) groups is 1. The van der Waals surface area contributed by atoms with Crippen molar-refractivity contribution in [3.05, 3.63) is 71.2 Å². The van der Waals surface area contributed by atoms with Crippen LogP contribution in [0.5, 0.6) is 5.88 Å². The second-order valence-electron chi connectivity index (χ2n) is 12.1. The Bertz CT molecular complexity index is 1490. The molecule has 7 nitrogen and oxygen atoms in total. The molecule has 0 aliphatic carbocycles. The van der Waals surface area contributed by atoms with Gasteiger partial charge < -0.3 is 19.9 Å². The van der Waals surface area contributed by atoms with E-state index in [1.54, 1.807) is 24.3 Å². The van der Waals surface area contributed by atoms with E-state index < -0.39 is 29.0 Å². The van der Waals surface area contributed by atoms with Gasteiger partial charge in [-0.15, -0.1) is 0 Å². The molecule has 5 rings (SSSR count). The van der Waals surface area contributed by atoms with Gasteiger partial charge in [-0.25, -0.2) is 9.37 Å². The molecule has 1 amide bonds. The summed E-state index contributed by atoms with van der Waals surface area (Å²) in [4.78, 5) is 23.9. The molecule has 1 aromatic heterocycles. The fourth-order valence-corrected chi connectivity index (χ4v) is 5.98. The monoisotopic (exact) mass is 613 g/mol. The van der Waals surface area contributed by atoms with Crippen molar-refractivity contribution in [2.75, 3.05) is 63.6 Å². The van der Waals surface area contributed by atoms with Crippen LogP contribution in [0.15, 0.2) is 48.7 Å². The number of halogens is 4. The molecule has 11 heteroatoms. The summed E-state index contributed by atoms with van der Waals surface area (Å²) in [7, 11) is 3.22. The lowest BCUT2D eigenvalue weighted by Gasteiger charge is -2.35. The summed E-state index contributed by atoms with van der Waals surface area (Å²) >= 11 is 0. The first-order valence-corrected chi connectivity index (χ1v) is 14.9. The summed E-state index contributed by atoms with van der Waals surface area (Å²) < 4.78 is 61.9. The number of rotatable bonds is 8. The van der Waals surface area contributed by atoms with Crippen LogP contribution in [0.4, 0.5) is 28.9 Å². The maximum absolute atomic E-state index is 15.3. The molecule has 0 unspecified atom stereocenters. The van der Waals surface area contributed by atoms with Crippen molar-refractivity contribution in [2.24, 2.45) is 11.8 Å². The number of pyridine rings is 1. The number of likely N-dealkylation sites (tertiary alicyclic amines) is 1. The van der Waals surface area contributed by atoms with Crippen molar-refractivity contribution in [3.8, 4) is 17.0 Å². The third-order valence-corrected chi connectivity index (χ3v) is 8.73. The fourth-order valence-electron chi connectivity index (χ4n) is 5.98. The van der Waals surface area contributed by atoms with Gasteiger partial charge in [-0.1, -0.05) is 26.0 Å². The van der Waals surface area contributed by atoms with Gasteiger partial charge in [0.1, 0.15) is 5.82 Å². The minimum Gasteiger partial charge on any atom is -0.481 e. The van der Waals surface area contributed by atoms with E-state index in [0.29, 0.717) is 60.0 Å². The van der Waals surface area contributed by atoms with Crippen molar-refractivity contribution in [2.45, 2.75) is 33.0 Å². The third kappa shape index (κ3) is 7.15. The average molecular weight is 614 g/mol. The number of nitrogens with zero attached hydrogens (tertiary/aromatic N) is 4. The maximum atomic E-state index is 15.3. The van der Waals surface area contributed by atoms with Crippen LogP contribution in [0.25, 0.3) is 11.1 Å². The maximum Gasteiger partial charge on any atom is 0.417 e. The number of aromatic nitrogens is 1. The molecule has 2 fully saturated rings. The fraction of sp³-hybridized carbons (Fsp3) is 0.455. The van der Waals surface area contributed by atoms with Gasteiger partial charge in [0.25, 0.3) is 5.91 Å². The number of piperazine rings is 1. The highest BCUT2D eigenvalue weighted by Crippen LogP contribution is 2.37. The summed E-state index contributed by atoms with van der Waals surface area (Å²) in [6.45, 7) is 10.0. The number of alkyl halides is 3. The molecular weight excluding hydrogens is 574 g/mol. The minimum atomic E-state index is -4.81. The number of ether oxygens (including phenoxy) is 1. The molecule has 2 aromatic carbocycles. The van der Waals surface area contributed by atoms with Crippen LogP contribution < -0.4 is 15.0 Å². The highest BCUT2D eigenvalue weighted by Gasteiger charge is 2.36. The molecule has 0 spiro atoms. The zero-order chi connectivity index (χ0) is 31.6. The number of carbonyl (C=O) groups excluding carboxylic acids is 1. The Labute approximate surface area is 255 Å². The van der Waals surface area contributed by atoms with Crippen LogP contribution in [0.3, 0.4) is 0 Å². The lowest BCUT2D eigenvalue weighted by atomic mass is 9.95. The van der Waals surface area contributed by atoms with E-state index in [1.165, 1.54) is 13.2 Å². The highest BCUT2D eigenvalue weighted by atomic mass is 19.4. The normalized spacial score (nSPS) is 18.2. The number of methoxy groups -OCH3 is 1. The van der Waals surface area contributed by atoms with E-state index >= 15 is 4.39 Å². The standard InChI is InChI=1S/C33H39F4N5O2/c1-21(2)24-9-10-41(20-24)19-22-5-7-28(34)25(15-22)23-6-8-30(42-13-11-40(3)12-14-42)29(16-23)39-32(43)26-18-38-31(44-4)17-27(26)33(35,36)37/h5-8,15-18,21,24H,9-14,19-20H2,1-4H3,(H,39,43)/t24-/m0/s1. The van der Waals surface area contributed by atoms with E-state index in [4.69, 9.17) is 4.74 Å². The molecule has 2 saturated heterocycles. The molecule has 2 aliphatic rings. The number of anilines is 2. The Morgan fingerprint density at radius 3 is 2.48 bits per heavy atom. The molecule has 236 valence electrons. The second-order valence-corrected chi connectivity index (χ2v) is 12.1. The number of nitrogens with one attached hydrogen (secondary N) is 1. The Balaban J connectivity index is 1.48. The minimum absolute atomic E-state index is 0.252. The summed E-state index contributed by atoms with van der Waals surface area (Å²) in [5.74, 6) is -0.390. The van der Waals surface area contributed by atoms with Gasteiger partial charge in [0.05, 0.1) is 29.6 Å². The first-order chi connectivity index (χ1) is 20.9. The van der Waals surface area contributed by atoms with Crippen molar-refractivity contribution in [3.63, 3.8) is 0 Å². The lowest BCUT2D eigenvalue weighted by molar-refractivity contribution is -0.138. The van der Waals surface area contributed by atoms with Crippen molar-refractivity contribution in [1.82, 2.24) is 14.8 Å². The zero-order valence-electron chi connectivity index (χ0n) is 25.5. The van der Waals surface area contributed by atoms with E-state index in [2.05, 4.69) is 38.8 Å². The predicted molar refractivity (Wildman–Crippen MR) is 164 cm³/mol. The molecule has 1 atom stereocenters. The number of benzene rings is 2. The Kier molecular flexibility index (Phi) is 9.45. The number of likely N-dealkylation sites (N-methyl/N-ethyl adjacent to an activating group) is 1. The largest absolute Gasteiger partial charge is 0.481 e. The van der Waals surface area contributed by atoms with Gasteiger partial charge in [0.15, 0.2) is 0 Å². The van der Waals surface area contributed by atoms with Crippen molar-refractivity contribution >= 4 is 17.3 Å². The summed E-state index contributed by atoms with van der Waals surface area (Å²) in [5, 5.41) is 2.70. The summed E-state index contributed by atoms with van der Waals surface area (Å²) in [6.07, 6.45) is -2.80. The highest BCUT2D eigenvalue weighted by molar-refractivity contribution is 6.07. The van der Waals surface area contributed by atoms with Crippen LogP contribution >= 0.6 is 0 Å². The Morgan fingerprint density at radius 1 is 1.07 bits per heavy atom. The molecular formula is C33H39F4N5O2. The van der Waals surface area contributed by atoms with Gasteiger partial charge in [-0.2, -0.15) is 13.2 Å². The average Bonchev–Trinajstić information content (AvgIpc) is 3.47. The molecule has 44 heavy (non-hydrogen) atoms. The Hall–Kier alpha value is -3.70. The molecule has 0 radical (unpaired) electrons. The topological polar surface area (TPSA) is 60.9 Å². The SMILES string of the molecule is COc1cc(C(F)(F)F)c(C(=O)Nc2cc(-c3cc(CN4CC[C@H](C(C)C)C4)ccc3F)ccc2N2CCN(C)CC2)cn1. The van der Waals surface area contributed by atoms with Crippen molar-refractivity contribution < 1.29 is 27.1 Å². The predicted octanol–water partition coefficient (Wildman–Crippen LogP) is 6.40. The number of amides is 1. The van der Waals surface area contributed by atoms with E-state index in [1.807, 2.05) is 13.1 Å². The van der Waals surface area contributed by atoms with Crippen LogP contribution in [-0.2, 0) is 12.7 Å². The van der Waals surface area contributed by atoms with Crippen LogP contribution in [0.2, 0.25) is 0 Å². The quantitative estimate of drug-likeness (QED) is 0.297. The molecule has 3 aromatic rings. The van der Waals surface area contributed by atoms with Crippen molar-refractivity contribution in [1.29, 1.82) is 0 Å². The lowest BCUT2D eigenvalue weighted by Crippen LogP contribution is -2.44. The summed E-state index contributed by atoms with van der Waals surface area (Å²) in [6, 6.07) is 11.0. The third-order valence-electron chi connectivity index (χ3n) is 8.73. The molecule has 2 aliphatic heterocycles. The van der Waals surface area contributed by atoms with Gasteiger partial charge in [-0.05, 0) is 67.2 Å². The first-order valence-electron chi connectivity index (χ1n) is 14.9. The van der Waals surface area contributed by atoms with Gasteiger partial charge in [0.2, 0.25) is 5.88 Å². The smallest absolute Gasteiger partial charge is 0.417 e.